The summed E-state index contributed by atoms with van der Waals surface area (Å²) in [6.45, 7) is 8.70. The normalized spacial score (nSPS) is 13.8. The summed E-state index contributed by atoms with van der Waals surface area (Å²) < 4.78 is 0. The summed E-state index contributed by atoms with van der Waals surface area (Å²) in [5.41, 5.74) is 5.01. The summed E-state index contributed by atoms with van der Waals surface area (Å²) in [6, 6.07) is 16.1. The molecule has 2 heterocycles. The largest absolute Gasteiger partial charge is 0.372 e. The van der Waals surface area contributed by atoms with Crippen LogP contribution in [0.1, 0.15) is 30.7 Å². The third-order valence-electron chi connectivity index (χ3n) is 5.74. The standard InChI is InChI=1S/C24H27ClN4O/c1-3-29(4-2)20-11-5-17(6-12-20)15-28-14-13-22-21(16-28)24(30)27-23(26-22)18-7-9-19(25)10-8-18/h5-12H,3-4,13-16H2,1-2H3,(H,26,27,30). The molecule has 1 N–H and O–H groups in total. The minimum atomic E-state index is -0.0495. The lowest BCUT2D eigenvalue weighted by atomic mass is 10.1. The first-order valence-corrected chi connectivity index (χ1v) is 10.9. The highest BCUT2D eigenvalue weighted by Crippen LogP contribution is 2.22. The van der Waals surface area contributed by atoms with Gasteiger partial charge in [-0.3, -0.25) is 9.69 Å². The summed E-state index contributed by atoms with van der Waals surface area (Å²) in [7, 11) is 0. The van der Waals surface area contributed by atoms with Crippen LogP contribution < -0.4 is 10.5 Å². The minimum Gasteiger partial charge on any atom is -0.372 e. The van der Waals surface area contributed by atoms with E-state index in [4.69, 9.17) is 16.6 Å². The van der Waals surface area contributed by atoms with E-state index < -0.39 is 0 Å². The van der Waals surface area contributed by atoms with Crippen molar-refractivity contribution in [2.24, 2.45) is 0 Å². The number of aromatic amines is 1. The van der Waals surface area contributed by atoms with Gasteiger partial charge in [0, 0.05) is 55.4 Å². The van der Waals surface area contributed by atoms with Crippen LogP contribution >= 0.6 is 11.6 Å². The van der Waals surface area contributed by atoms with Gasteiger partial charge in [0.1, 0.15) is 5.82 Å². The molecule has 1 aromatic heterocycles. The molecule has 2 aromatic carbocycles. The van der Waals surface area contributed by atoms with Crippen LogP contribution in [0, 0.1) is 0 Å². The number of anilines is 1. The summed E-state index contributed by atoms with van der Waals surface area (Å²) in [5.74, 6) is 0.607. The van der Waals surface area contributed by atoms with E-state index in [-0.39, 0.29) is 5.56 Å². The molecule has 4 rings (SSSR count). The Hall–Kier alpha value is -2.63. The first kappa shape index (κ1) is 20.6. The summed E-state index contributed by atoms with van der Waals surface area (Å²) in [6.07, 6.45) is 0.775. The lowest BCUT2D eigenvalue weighted by Crippen LogP contribution is -2.35. The molecule has 0 saturated carbocycles. The Bertz CT molecular complexity index is 1060. The highest BCUT2D eigenvalue weighted by molar-refractivity contribution is 6.30. The molecule has 30 heavy (non-hydrogen) atoms. The molecule has 0 aliphatic carbocycles. The molecule has 156 valence electrons. The fourth-order valence-electron chi connectivity index (χ4n) is 4.02. The first-order valence-electron chi connectivity index (χ1n) is 10.5. The van der Waals surface area contributed by atoms with Crippen molar-refractivity contribution in [3.8, 4) is 11.4 Å². The number of nitrogens with one attached hydrogen (secondary N) is 1. The van der Waals surface area contributed by atoms with Crippen molar-refractivity contribution in [1.29, 1.82) is 0 Å². The second-order valence-electron chi connectivity index (χ2n) is 7.65. The lowest BCUT2D eigenvalue weighted by molar-refractivity contribution is 0.242. The number of halogens is 1. The van der Waals surface area contributed by atoms with Crippen LogP contribution in [0.2, 0.25) is 5.02 Å². The van der Waals surface area contributed by atoms with Gasteiger partial charge in [-0.05, 0) is 55.8 Å². The number of hydrogen-bond donors (Lipinski definition) is 1. The number of aromatic nitrogens is 2. The van der Waals surface area contributed by atoms with E-state index in [1.165, 1.54) is 11.3 Å². The second kappa shape index (κ2) is 9.02. The zero-order chi connectivity index (χ0) is 21.1. The monoisotopic (exact) mass is 422 g/mol. The molecular formula is C24H27ClN4O. The van der Waals surface area contributed by atoms with Gasteiger partial charge in [-0.1, -0.05) is 23.7 Å². The number of benzene rings is 2. The third-order valence-corrected chi connectivity index (χ3v) is 5.99. The maximum absolute atomic E-state index is 12.8. The van der Waals surface area contributed by atoms with E-state index in [1.807, 2.05) is 24.3 Å². The van der Waals surface area contributed by atoms with Gasteiger partial charge in [0.05, 0.1) is 11.3 Å². The maximum Gasteiger partial charge on any atom is 0.255 e. The number of rotatable bonds is 6. The summed E-state index contributed by atoms with van der Waals surface area (Å²) in [4.78, 5) is 25.1. The predicted molar refractivity (Wildman–Crippen MR) is 123 cm³/mol. The molecule has 3 aromatic rings. The molecule has 0 saturated heterocycles. The van der Waals surface area contributed by atoms with Crippen LogP contribution in [0.3, 0.4) is 0 Å². The molecule has 0 atom stereocenters. The smallest absolute Gasteiger partial charge is 0.255 e. The molecule has 1 aliphatic rings. The Kier molecular flexibility index (Phi) is 6.21. The molecule has 0 unspecified atom stereocenters. The number of nitrogens with zero attached hydrogens (tertiary/aromatic N) is 3. The molecular weight excluding hydrogens is 396 g/mol. The predicted octanol–water partition coefficient (Wildman–Crippen LogP) is 4.49. The molecule has 0 radical (unpaired) electrons. The highest BCUT2D eigenvalue weighted by atomic mass is 35.5. The van der Waals surface area contributed by atoms with Crippen molar-refractivity contribution in [2.45, 2.75) is 33.4 Å². The lowest BCUT2D eigenvalue weighted by Gasteiger charge is -2.28. The molecule has 0 fully saturated rings. The van der Waals surface area contributed by atoms with Gasteiger partial charge in [0.25, 0.3) is 5.56 Å². The van der Waals surface area contributed by atoms with Crippen molar-refractivity contribution in [1.82, 2.24) is 14.9 Å². The van der Waals surface area contributed by atoms with Crippen LogP contribution in [0.15, 0.2) is 53.3 Å². The highest BCUT2D eigenvalue weighted by Gasteiger charge is 2.21. The quantitative estimate of drug-likeness (QED) is 0.635. The topological polar surface area (TPSA) is 52.2 Å². The van der Waals surface area contributed by atoms with E-state index in [9.17, 15) is 4.79 Å². The summed E-state index contributed by atoms with van der Waals surface area (Å²) in [5, 5.41) is 0.667. The van der Waals surface area contributed by atoms with E-state index in [0.717, 1.165) is 49.4 Å². The Morgan fingerprint density at radius 3 is 2.43 bits per heavy atom. The molecule has 0 amide bonds. The minimum absolute atomic E-state index is 0.0495. The van der Waals surface area contributed by atoms with Crippen molar-refractivity contribution in [3.63, 3.8) is 0 Å². The van der Waals surface area contributed by atoms with E-state index in [1.54, 1.807) is 0 Å². The van der Waals surface area contributed by atoms with E-state index >= 15 is 0 Å². The maximum atomic E-state index is 12.8. The van der Waals surface area contributed by atoms with Gasteiger partial charge >= 0.3 is 0 Å². The Labute approximate surface area is 182 Å². The van der Waals surface area contributed by atoms with Gasteiger partial charge in [-0.25, -0.2) is 4.98 Å². The average Bonchev–Trinajstić information content (AvgIpc) is 2.76. The van der Waals surface area contributed by atoms with Gasteiger partial charge in [0.15, 0.2) is 0 Å². The van der Waals surface area contributed by atoms with Gasteiger partial charge in [0.2, 0.25) is 0 Å². The van der Waals surface area contributed by atoms with Crippen molar-refractivity contribution >= 4 is 17.3 Å². The Balaban J connectivity index is 1.48. The average molecular weight is 423 g/mol. The van der Waals surface area contributed by atoms with E-state index in [0.29, 0.717) is 17.4 Å². The van der Waals surface area contributed by atoms with Crippen molar-refractivity contribution in [3.05, 3.63) is 80.7 Å². The molecule has 1 aliphatic heterocycles. The van der Waals surface area contributed by atoms with E-state index in [2.05, 4.69) is 52.9 Å². The first-order chi connectivity index (χ1) is 14.6. The zero-order valence-electron chi connectivity index (χ0n) is 17.5. The van der Waals surface area contributed by atoms with Crippen molar-refractivity contribution in [2.75, 3.05) is 24.5 Å². The van der Waals surface area contributed by atoms with Crippen LogP contribution in [-0.4, -0.2) is 34.5 Å². The van der Waals surface area contributed by atoms with Crippen molar-refractivity contribution < 1.29 is 0 Å². The summed E-state index contributed by atoms with van der Waals surface area (Å²) >= 11 is 5.97. The molecule has 0 bridgehead atoms. The fraction of sp³-hybridized carbons (Fsp3) is 0.333. The Morgan fingerprint density at radius 2 is 1.77 bits per heavy atom. The third kappa shape index (κ3) is 4.42. The second-order valence-corrected chi connectivity index (χ2v) is 8.08. The SMILES string of the molecule is CCN(CC)c1ccc(CN2CCc3nc(-c4ccc(Cl)cc4)[nH]c(=O)c3C2)cc1. The fourth-order valence-corrected chi connectivity index (χ4v) is 4.15. The van der Waals surface area contributed by atoms with Crippen LogP contribution in [0.4, 0.5) is 5.69 Å². The van der Waals surface area contributed by atoms with Gasteiger partial charge < -0.3 is 9.88 Å². The van der Waals surface area contributed by atoms with Crippen LogP contribution in [0.5, 0.6) is 0 Å². The zero-order valence-corrected chi connectivity index (χ0v) is 18.2. The van der Waals surface area contributed by atoms with Crippen LogP contribution in [0.25, 0.3) is 11.4 Å². The van der Waals surface area contributed by atoms with Crippen LogP contribution in [-0.2, 0) is 19.5 Å². The molecule has 6 heteroatoms. The number of fused-ring (bicyclic) bond motifs is 1. The molecule has 5 nitrogen and oxygen atoms in total. The molecule has 0 spiro atoms. The number of H-pyrrole nitrogens is 1. The van der Waals surface area contributed by atoms with Gasteiger partial charge in [-0.15, -0.1) is 0 Å². The van der Waals surface area contributed by atoms with Gasteiger partial charge in [-0.2, -0.15) is 0 Å². The number of hydrogen-bond acceptors (Lipinski definition) is 4. The Morgan fingerprint density at radius 1 is 1.07 bits per heavy atom.